The van der Waals surface area contributed by atoms with Gasteiger partial charge in [0.05, 0.1) is 6.61 Å². The van der Waals surface area contributed by atoms with E-state index in [4.69, 9.17) is 28.4 Å². The van der Waals surface area contributed by atoms with Crippen molar-refractivity contribution in [2.24, 2.45) is 0 Å². The topological polar surface area (TPSA) is 130 Å². The van der Waals surface area contributed by atoms with Gasteiger partial charge < -0.3 is 33.2 Å². The molecule has 0 aliphatic carbocycles. The van der Waals surface area contributed by atoms with Gasteiger partial charge in [0, 0.05) is 31.6 Å². The first-order valence-corrected chi connectivity index (χ1v) is 20.0. The number of rotatable bonds is 14. The van der Waals surface area contributed by atoms with Crippen molar-refractivity contribution in [3.8, 4) is 0 Å². The average Bonchev–Trinajstić information content (AvgIpc) is 3.47. The Balaban J connectivity index is 1.24. The van der Waals surface area contributed by atoms with Gasteiger partial charge in [-0.25, -0.2) is 4.79 Å². The van der Waals surface area contributed by atoms with E-state index in [9.17, 15) is 14.4 Å². The lowest BCUT2D eigenvalue weighted by molar-refractivity contribution is -0.225. The van der Waals surface area contributed by atoms with Gasteiger partial charge in [-0.3, -0.25) is 14.3 Å². The Bertz CT molecular complexity index is 1580. The molecule has 2 N–H and O–H groups in total. The molecule has 0 spiro atoms. The number of hydrogen-bond donors (Lipinski definition) is 2. The number of H-pyrrole nitrogens is 1. The third-order valence-corrected chi connectivity index (χ3v) is 14.9. The van der Waals surface area contributed by atoms with Gasteiger partial charge in [0.25, 0.3) is 13.9 Å². The monoisotopic (exact) mass is 708 g/mol. The standard InChI is InChI=1S/C38H52N2O9Si/c1-27-25-40(37(42)39-35(27)41)36-34(33(49-32-20-11-13-23-45-32)30(48-36)26-47-31-19-10-12-22-44-31)46-24-14-21-38(2,3)50(43,28-15-6-4-7-16-28)29-17-8-5-9-18-29/h4-9,15-18,25,30-34,36,43H,10-14,19-24,26H2,1-3H3,(H,39,41,42)/t30-,31?,32?,33-,34?,36-/m1/s1. The first-order chi connectivity index (χ1) is 24.2. The lowest BCUT2D eigenvalue weighted by Crippen LogP contribution is -2.65. The van der Waals surface area contributed by atoms with E-state index < -0.39 is 55.4 Å². The predicted octanol–water partition coefficient (Wildman–Crippen LogP) is 3.90. The van der Waals surface area contributed by atoms with Crippen molar-refractivity contribution in [1.29, 1.82) is 0 Å². The van der Waals surface area contributed by atoms with E-state index >= 15 is 0 Å². The van der Waals surface area contributed by atoms with Crippen molar-refractivity contribution in [1.82, 2.24) is 9.55 Å². The van der Waals surface area contributed by atoms with Crippen LogP contribution in [0.15, 0.2) is 76.4 Å². The number of aryl methyl sites for hydroxylation is 1. The van der Waals surface area contributed by atoms with E-state index in [2.05, 4.69) is 18.8 Å². The van der Waals surface area contributed by atoms with Crippen molar-refractivity contribution in [3.05, 3.63) is 93.3 Å². The molecule has 3 fully saturated rings. The Morgan fingerprint density at radius 3 is 2.10 bits per heavy atom. The van der Waals surface area contributed by atoms with Crippen LogP contribution >= 0.6 is 0 Å². The van der Waals surface area contributed by atoms with Crippen LogP contribution in [0.2, 0.25) is 5.04 Å². The number of nitrogens with one attached hydrogen (secondary N) is 1. The van der Waals surface area contributed by atoms with Gasteiger partial charge in [0.1, 0.15) is 18.3 Å². The van der Waals surface area contributed by atoms with Gasteiger partial charge >= 0.3 is 5.69 Å². The van der Waals surface area contributed by atoms with Crippen molar-refractivity contribution < 1.29 is 33.2 Å². The molecule has 3 unspecified atom stereocenters. The Hall–Kier alpha value is -2.94. The minimum Gasteiger partial charge on any atom is -0.424 e. The second-order valence-corrected chi connectivity index (χ2v) is 18.3. The lowest BCUT2D eigenvalue weighted by atomic mass is 10.1. The van der Waals surface area contributed by atoms with E-state index in [1.165, 1.54) is 10.8 Å². The zero-order chi connectivity index (χ0) is 35.1. The van der Waals surface area contributed by atoms with Crippen molar-refractivity contribution >= 4 is 18.7 Å². The molecule has 50 heavy (non-hydrogen) atoms. The van der Waals surface area contributed by atoms with E-state index in [1.807, 2.05) is 60.7 Å². The van der Waals surface area contributed by atoms with Crippen LogP contribution in [0.25, 0.3) is 0 Å². The van der Waals surface area contributed by atoms with Crippen LogP contribution in [-0.2, 0) is 28.4 Å². The van der Waals surface area contributed by atoms with Crippen LogP contribution in [-0.4, -0.2) is 80.0 Å². The number of ether oxygens (including phenoxy) is 6. The third kappa shape index (κ3) is 8.23. The quantitative estimate of drug-likeness (QED) is 0.189. The number of nitrogens with zero attached hydrogens (tertiary/aromatic N) is 1. The van der Waals surface area contributed by atoms with Crippen LogP contribution in [0.3, 0.4) is 0 Å². The molecule has 12 heteroatoms. The van der Waals surface area contributed by atoms with Gasteiger partial charge in [0.15, 0.2) is 18.8 Å². The number of aromatic amines is 1. The molecule has 11 nitrogen and oxygen atoms in total. The highest BCUT2D eigenvalue weighted by molar-refractivity contribution is 6.98. The SMILES string of the molecule is Cc1cn([C@@H]2O[C@H](COC3CCCCO3)[C@@H](OC3CCCCO3)C2OCCCC(C)(C)[Si](O)(c2ccccc2)c2ccccc2)c(=O)[nH]c1=O. The molecule has 3 aliphatic heterocycles. The van der Waals surface area contributed by atoms with Crippen LogP contribution in [0, 0.1) is 6.92 Å². The predicted molar refractivity (Wildman–Crippen MR) is 191 cm³/mol. The zero-order valence-electron chi connectivity index (χ0n) is 29.5. The molecule has 272 valence electrons. The van der Waals surface area contributed by atoms with Crippen LogP contribution < -0.4 is 21.6 Å². The van der Waals surface area contributed by atoms with E-state index in [0.717, 1.165) is 48.9 Å². The first kappa shape index (κ1) is 36.8. The fourth-order valence-electron chi connectivity index (χ4n) is 7.44. The summed E-state index contributed by atoms with van der Waals surface area (Å²) in [4.78, 5) is 40.6. The maximum atomic E-state index is 13.2. The summed E-state index contributed by atoms with van der Waals surface area (Å²) >= 11 is 0. The highest BCUT2D eigenvalue weighted by Gasteiger charge is 2.51. The molecule has 0 bridgehead atoms. The number of hydrogen-bond acceptors (Lipinski definition) is 9. The molecule has 2 aromatic carbocycles. The maximum absolute atomic E-state index is 13.2. The molecule has 3 saturated heterocycles. The van der Waals surface area contributed by atoms with Crippen molar-refractivity contribution in [2.75, 3.05) is 26.4 Å². The van der Waals surface area contributed by atoms with E-state index in [0.29, 0.717) is 38.2 Å². The van der Waals surface area contributed by atoms with Crippen molar-refractivity contribution in [3.63, 3.8) is 0 Å². The molecule has 1 aromatic heterocycles. The average molecular weight is 709 g/mol. The Labute approximate surface area is 295 Å². The lowest BCUT2D eigenvalue weighted by Gasteiger charge is -2.41. The fraction of sp³-hybridized carbons (Fsp3) is 0.579. The smallest absolute Gasteiger partial charge is 0.330 e. The summed E-state index contributed by atoms with van der Waals surface area (Å²) in [6.07, 6.45) is 4.73. The molecule has 3 aliphatic rings. The van der Waals surface area contributed by atoms with Crippen LogP contribution in [0.5, 0.6) is 0 Å². The maximum Gasteiger partial charge on any atom is 0.330 e. The minimum atomic E-state index is -3.21. The first-order valence-electron chi connectivity index (χ1n) is 18.1. The summed E-state index contributed by atoms with van der Waals surface area (Å²) in [5.74, 6) is 0. The Morgan fingerprint density at radius 2 is 1.50 bits per heavy atom. The van der Waals surface area contributed by atoms with Crippen LogP contribution in [0.4, 0.5) is 0 Å². The Kier molecular flexibility index (Phi) is 12.2. The van der Waals surface area contributed by atoms with Gasteiger partial charge in [-0.15, -0.1) is 0 Å². The molecular formula is C38H52N2O9Si. The summed E-state index contributed by atoms with van der Waals surface area (Å²) in [6.45, 7) is 7.67. The summed E-state index contributed by atoms with van der Waals surface area (Å²) in [5.41, 5.74) is -0.662. The highest BCUT2D eigenvalue weighted by Crippen LogP contribution is 2.41. The van der Waals surface area contributed by atoms with E-state index in [-0.39, 0.29) is 12.9 Å². The highest BCUT2D eigenvalue weighted by atomic mass is 28.4. The zero-order valence-corrected chi connectivity index (χ0v) is 30.5. The normalized spacial score (nSPS) is 26.2. The summed E-state index contributed by atoms with van der Waals surface area (Å²) in [6, 6.07) is 20.0. The van der Waals surface area contributed by atoms with Gasteiger partial charge in [-0.05, 0) is 73.7 Å². The molecular weight excluding hydrogens is 657 g/mol. The van der Waals surface area contributed by atoms with Gasteiger partial charge in [0.2, 0.25) is 0 Å². The Morgan fingerprint density at radius 1 is 0.880 bits per heavy atom. The minimum absolute atomic E-state index is 0.176. The summed E-state index contributed by atoms with van der Waals surface area (Å²) < 4.78 is 39.3. The summed E-state index contributed by atoms with van der Waals surface area (Å²) in [5, 5.41) is 1.46. The molecule has 3 aromatic rings. The van der Waals surface area contributed by atoms with Crippen molar-refractivity contribution in [2.45, 2.75) is 114 Å². The molecule has 6 atom stereocenters. The van der Waals surface area contributed by atoms with Gasteiger partial charge in [-0.1, -0.05) is 74.5 Å². The number of benzene rings is 2. The summed E-state index contributed by atoms with van der Waals surface area (Å²) in [7, 11) is -3.21. The second kappa shape index (κ2) is 16.6. The molecule has 6 rings (SSSR count). The fourth-order valence-corrected chi connectivity index (χ4v) is 11.2. The van der Waals surface area contributed by atoms with Gasteiger partial charge in [-0.2, -0.15) is 0 Å². The molecule has 0 saturated carbocycles. The largest absolute Gasteiger partial charge is 0.424 e. The number of aromatic nitrogens is 2. The third-order valence-electron chi connectivity index (χ3n) is 10.4. The second-order valence-electron chi connectivity index (χ2n) is 14.3. The molecule has 0 radical (unpaired) electrons. The molecule has 0 amide bonds. The molecule has 4 heterocycles. The van der Waals surface area contributed by atoms with E-state index in [1.54, 1.807) is 6.92 Å². The van der Waals surface area contributed by atoms with Crippen LogP contribution in [0.1, 0.15) is 77.0 Å².